The quantitative estimate of drug-likeness (QED) is 0.381. The average molecular weight is 359 g/mol. The third-order valence-corrected chi connectivity index (χ3v) is 3.76. The van der Waals surface area contributed by atoms with Gasteiger partial charge in [0.15, 0.2) is 11.5 Å². The molecule has 0 radical (unpaired) electrons. The molecule has 0 aliphatic carbocycles. The van der Waals surface area contributed by atoms with Crippen LogP contribution in [0, 0.1) is 0 Å². The van der Waals surface area contributed by atoms with Crippen molar-refractivity contribution < 1.29 is 19.0 Å². The van der Waals surface area contributed by atoms with E-state index >= 15 is 0 Å². The van der Waals surface area contributed by atoms with Crippen molar-refractivity contribution in [3.8, 4) is 11.5 Å². The van der Waals surface area contributed by atoms with Gasteiger partial charge in [0, 0.05) is 11.5 Å². The molecular formula is C18H15ClN2O4. The first kappa shape index (κ1) is 17.0. The molecule has 128 valence electrons. The van der Waals surface area contributed by atoms with Crippen molar-refractivity contribution in [1.29, 1.82) is 0 Å². The van der Waals surface area contributed by atoms with Gasteiger partial charge in [-0.05, 0) is 18.2 Å². The van der Waals surface area contributed by atoms with Crippen LogP contribution in [0.25, 0.3) is 10.9 Å². The van der Waals surface area contributed by atoms with Gasteiger partial charge in [0.1, 0.15) is 24.7 Å². The molecule has 0 spiro atoms. The molecule has 0 N–H and O–H groups in total. The maximum Gasteiger partial charge on any atom is 0.338 e. The number of hydrogen-bond donors (Lipinski definition) is 0. The molecule has 0 aliphatic heterocycles. The van der Waals surface area contributed by atoms with Gasteiger partial charge in [-0.2, -0.15) is 0 Å². The van der Waals surface area contributed by atoms with Crippen molar-refractivity contribution in [3.05, 3.63) is 59.5 Å². The van der Waals surface area contributed by atoms with Crippen molar-refractivity contribution in [2.45, 2.75) is 0 Å². The molecule has 2 aromatic carbocycles. The zero-order valence-corrected chi connectivity index (χ0v) is 14.2. The molecule has 0 amide bonds. The molecule has 3 aromatic rings. The van der Waals surface area contributed by atoms with Crippen LogP contribution in [0.15, 0.2) is 48.8 Å². The highest BCUT2D eigenvalue weighted by Crippen LogP contribution is 2.33. The third kappa shape index (κ3) is 3.97. The zero-order valence-electron chi connectivity index (χ0n) is 13.4. The lowest BCUT2D eigenvalue weighted by atomic mass is 10.2. The number of benzene rings is 2. The molecule has 25 heavy (non-hydrogen) atoms. The second-order valence-electron chi connectivity index (χ2n) is 5.04. The molecule has 1 heterocycles. The summed E-state index contributed by atoms with van der Waals surface area (Å²) in [6.45, 7) is 0.277. The predicted molar refractivity (Wildman–Crippen MR) is 93.3 cm³/mol. The Labute approximate surface area is 149 Å². The van der Waals surface area contributed by atoms with Crippen LogP contribution in [0.3, 0.4) is 0 Å². The maximum atomic E-state index is 11.9. The maximum absolute atomic E-state index is 11.9. The highest BCUT2D eigenvalue weighted by molar-refractivity contribution is 6.34. The molecule has 7 heteroatoms. The number of hydrogen-bond acceptors (Lipinski definition) is 6. The van der Waals surface area contributed by atoms with Gasteiger partial charge in [0.05, 0.1) is 18.2 Å². The second-order valence-corrected chi connectivity index (χ2v) is 5.39. The molecule has 3 rings (SSSR count). The molecule has 6 nitrogen and oxygen atoms in total. The van der Waals surface area contributed by atoms with Crippen molar-refractivity contribution in [2.75, 3.05) is 20.3 Å². The summed E-state index contributed by atoms with van der Waals surface area (Å²) in [5.41, 5.74) is 1.15. The van der Waals surface area contributed by atoms with Gasteiger partial charge in [0.25, 0.3) is 0 Å². The largest absolute Gasteiger partial charge is 0.493 e. The van der Waals surface area contributed by atoms with Gasteiger partial charge in [-0.15, -0.1) is 0 Å². The zero-order chi connectivity index (χ0) is 17.6. The Bertz CT molecular complexity index is 887. The Morgan fingerprint density at radius 2 is 1.88 bits per heavy atom. The Hall–Kier alpha value is -2.86. The van der Waals surface area contributed by atoms with Crippen LogP contribution >= 0.6 is 11.6 Å². The van der Waals surface area contributed by atoms with Gasteiger partial charge < -0.3 is 14.2 Å². The standard InChI is InChI=1S/C18H15ClN2O4/c1-23-15-10-14-13(17(19)21-11-20-14)9-16(15)24-7-8-25-18(22)12-5-3-2-4-6-12/h2-6,9-11H,7-8H2,1H3. The normalized spacial score (nSPS) is 10.5. The van der Waals surface area contributed by atoms with E-state index in [9.17, 15) is 4.79 Å². The van der Waals surface area contributed by atoms with Crippen LogP contribution in [0.4, 0.5) is 0 Å². The summed E-state index contributed by atoms with van der Waals surface area (Å²) < 4.78 is 16.1. The number of methoxy groups -OCH3 is 1. The summed E-state index contributed by atoms with van der Waals surface area (Å²) >= 11 is 6.08. The number of fused-ring (bicyclic) bond motifs is 1. The fourth-order valence-electron chi connectivity index (χ4n) is 2.25. The lowest BCUT2D eigenvalue weighted by Gasteiger charge is -2.12. The number of nitrogens with zero attached hydrogens (tertiary/aromatic N) is 2. The fraction of sp³-hybridized carbons (Fsp3) is 0.167. The molecule has 1 aromatic heterocycles. The van der Waals surface area contributed by atoms with Gasteiger partial charge >= 0.3 is 5.97 Å². The molecule has 0 unspecified atom stereocenters. The molecule has 0 saturated carbocycles. The van der Waals surface area contributed by atoms with Crippen LogP contribution in [0.2, 0.25) is 5.15 Å². The molecule has 0 aliphatic rings. The third-order valence-electron chi connectivity index (χ3n) is 3.46. The summed E-state index contributed by atoms with van der Waals surface area (Å²) in [6.07, 6.45) is 1.38. The van der Waals surface area contributed by atoms with Crippen molar-refractivity contribution >= 4 is 28.5 Å². The number of esters is 1. The summed E-state index contributed by atoms with van der Waals surface area (Å²) in [4.78, 5) is 20.0. The lowest BCUT2D eigenvalue weighted by molar-refractivity contribution is 0.0449. The van der Waals surface area contributed by atoms with E-state index in [4.69, 9.17) is 25.8 Å². The first-order valence-electron chi connectivity index (χ1n) is 7.52. The second kappa shape index (κ2) is 7.81. The molecular weight excluding hydrogens is 344 g/mol. The smallest absolute Gasteiger partial charge is 0.338 e. The minimum Gasteiger partial charge on any atom is -0.493 e. The molecule has 0 atom stereocenters. The number of carbonyl (C=O) groups excluding carboxylic acids is 1. The van der Waals surface area contributed by atoms with Crippen molar-refractivity contribution in [2.24, 2.45) is 0 Å². The van der Waals surface area contributed by atoms with Gasteiger partial charge in [-0.25, -0.2) is 14.8 Å². The Morgan fingerprint density at radius 1 is 1.08 bits per heavy atom. The average Bonchev–Trinajstić information content (AvgIpc) is 2.65. The summed E-state index contributed by atoms with van der Waals surface area (Å²) in [7, 11) is 1.53. The van der Waals surface area contributed by atoms with Crippen LogP contribution in [0.1, 0.15) is 10.4 Å². The van der Waals surface area contributed by atoms with E-state index in [1.807, 2.05) is 6.07 Å². The SMILES string of the molecule is COc1cc2ncnc(Cl)c2cc1OCCOC(=O)c1ccccc1. The van der Waals surface area contributed by atoms with E-state index in [-0.39, 0.29) is 13.2 Å². The number of halogens is 1. The fourth-order valence-corrected chi connectivity index (χ4v) is 2.44. The minimum absolute atomic E-state index is 0.105. The van der Waals surface area contributed by atoms with Crippen molar-refractivity contribution in [3.63, 3.8) is 0 Å². The van der Waals surface area contributed by atoms with Crippen LogP contribution in [-0.2, 0) is 4.74 Å². The molecule has 0 saturated heterocycles. The minimum atomic E-state index is -0.397. The van der Waals surface area contributed by atoms with Crippen molar-refractivity contribution in [1.82, 2.24) is 9.97 Å². The first-order chi connectivity index (χ1) is 12.2. The van der Waals surface area contributed by atoms with Crippen LogP contribution < -0.4 is 9.47 Å². The number of aromatic nitrogens is 2. The van der Waals surface area contributed by atoms with E-state index in [0.717, 1.165) is 0 Å². The first-order valence-corrected chi connectivity index (χ1v) is 7.90. The topological polar surface area (TPSA) is 70.5 Å². The lowest BCUT2D eigenvalue weighted by Crippen LogP contribution is -2.12. The Morgan fingerprint density at radius 3 is 2.64 bits per heavy atom. The number of ether oxygens (including phenoxy) is 3. The van der Waals surface area contributed by atoms with Crippen LogP contribution in [-0.4, -0.2) is 36.3 Å². The Kier molecular flexibility index (Phi) is 5.30. The van der Waals surface area contributed by atoms with E-state index in [0.29, 0.717) is 33.1 Å². The van der Waals surface area contributed by atoms with E-state index in [1.165, 1.54) is 13.4 Å². The van der Waals surface area contributed by atoms with E-state index < -0.39 is 5.97 Å². The number of carbonyl (C=O) groups is 1. The van der Waals surface area contributed by atoms with E-state index in [1.54, 1.807) is 36.4 Å². The highest BCUT2D eigenvalue weighted by Gasteiger charge is 2.11. The summed E-state index contributed by atoms with van der Waals surface area (Å²) in [5.74, 6) is 0.588. The Balaban J connectivity index is 1.64. The monoisotopic (exact) mass is 358 g/mol. The van der Waals surface area contributed by atoms with Gasteiger partial charge in [0.2, 0.25) is 0 Å². The summed E-state index contributed by atoms with van der Waals surface area (Å²) in [5, 5.41) is 0.981. The van der Waals surface area contributed by atoms with Crippen LogP contribution in [0.5, 0.6) is 11.5 Å². The van der Waals surface area contributed by atoms with E-state index in [2.05, 4.69) is 9.97 Å². The number of rotatable bonds is 6. The molecule has 0 bridgehead atoms. The summed E-state index contributed by atoms with van der Waals surface area (Å²) in [6, 6.07) is 12.2. The van der Waals surface area contributed by atoms with Gasteiger partial charge in [-0.1, -0.05) is 29.8 Å². The van der Waals surface area contributed by atoms with Gasteiger partial charge in [-0.3, -0.25) is 0 Å². The predicted octanol–water partition coefficient (Wildman–Crippen LogP) is 3.53. The molecule has 0 fully saturated rings. The highest BCUT2D eigenvalue weighted by atomic mass is 35.5.